The summed E-state index contributed by atoms with van der Waals surface area (Å²) in [5, 5.41) is 0. The minimum absolute atomic E-state index is 0.421. The minimum atomic E-state index is 0.421. The summed E-state index contributed by atoms with van der Waals surface area (Å²) < 4.78 is 6.16. The highest BCUT2D eigenvalue weighted by Crippen LogP contribution is 2.66. The first-order valence-corrected chi connectivity index (χ1v) is 10.1. The van der Waals surface area contributed by atoms with Crippen molar-refractivity contribution in [1.82, 2.24) is 0 Å². The SMILES string of the molecule is CCOC1CCC2C3CCC4CC(=O)CCC4(C)C3CCC12C. The fourth-order valence-corrected chi connectivity index (χ4v) is 7.47. The molecule has 2 nitrogen and oxygen atoms in total. The topological polar surface area (TPSA) is 26.3 Å². The van der Waals surface area contributed by atoms with Crippen LogP contribution >= 0.6 is 0 Å². The van der Waals surface area contributed by atoms with Crippen molar-refractivity contribution in [3.8, 4) is 0 Å². The molecule has 4 fully saturated rings. The molecule has 0 spiro atoms. The van der Waals surface area contributed by atoms with Gasteiger partial charge in [-0.25, -0.2) is 0 Å². The Bertz CT molecular complexity index is 486. The molecule has 0 bridgehead atoms. The standard InChI is InChI=1S/C21H34O2/c1-4-23-19-8-7-17-16-6-5-14-13-15(22)9-11-20(14,2)18(16)10-12-21(17,19)3/h14,16-19H,4-13H2,1-3H3. The van der Waals surface area contributed by atoms with Crippen molar-refractivity contribution in [3.63, 3.8) is 0 Å². The van der Waals surface area contributed by atoms with E-state index in [-0.39, 0.29) is 0 Å². The Morgan fingerprint density at radius 3 is 2.57 bits per heavy atom. The van der Waals surface area contributed by atoms with Crippen molar-refractivity contribution in [1.29, 1.82) is 0 Å². The van der Waals surface area contributed by atoms with Crippen molar-refractivity contribution in [3.05, 3.63) is 0 Å². The molecule has 7 unspecified atom stereocenters. The van der Waals surface area contributed by atoms with Crippen LogP contribution in [0.2, 0.25) is 0 Å². The van der Waals surface area contributed by atoms with E-state index in [1.54, 1.807) is 0 Å². The molecule has 0 aromatic heterocycles. The van der Waals surface area contributed by atoms with Gasteiger partial charge in [-0.1, -0.05) is 13.8 Å². The molecule has 2 heteroatoms. The van der Waals surface area contributed by atoms with Gasteiger partial charge in [0.1, 0.15) is 5.78 Å². The normalized spacial score (nSPS) is 52.7. The number of rotatable bonds is 2. The Balaban J connectivity index is 1.59. The summed E-state index contributed by atoms with van der Waals surface area (Å²) in [5.74, 6) is 3.84. The quantitative estimate of drug-likeness (QED) is 0.716. The molecule has 0 heterocycles. The maximum absolute atomic E-state index is 12.0. The number of hydrogen-bond acceptors (Lipinski definition) is 2. The number of fused-ring (bicyclic) bond motifs is 5. The monoisotopic (exact) mass is 318 g/mol. The molecule has 0 saturated heterocycles. The van der Waals surface area contributed by atoms with E-state index < -0.39 is 0 Å². The van der Waals surface area contributed by atoms with Crippen molar-refractivity contribution >= 4 is 5.78 Å². The lowest BCUT2D eigenvalue weighted by molar-refractivity contribution is -0.144. The molecule has 0 aromatic carbocycles. The first kappa shape index (κ1) is 16.1. The van der Waals surface area contributed by atoms with Gasteiger partial charge in [0, 0.05) is 19.4 Å². The molecule has 4 aliphatic carbocycles. The van der Waals surface area contributed by atoms with Crippen molar-refractivity contribution in [2.24, 2.45) is 34.5 Å². The Morgan fingerprint density at radius 1 is 1.00 bits per heavy atom. The summed E-state index contributed by atoms with van der Waals surface area (Å²) in [7, 11) is 0. The van der Waals surface area contributed by atoms with Crippen LogP contribution in [0.5, 0.6) is 0 Å². The molecule has 0 radical (unpaired) electrons. The van der Waals surface area contributed by atoms with E-state index in [0.29, 0.717) is 28.6 Å². The van der Waals surface area contributed by atoms with Gasteiger partial charge in [-0.3, -0.25) is 4.79 Å². The second-order valence-electron chi connectivity index (χ2n) is 9.47. The van der Waals surface area contributed by atoms with E-state index in [1.807, 2.05) is 0 Å². The maximum atomic E-state index is 12.0. The van der Waals surface area contributed by atoms with E-state index in [2.05, 4.69) is 20.8 Å². The third-order valence-corrected chi connectivity index (χ3v) is 8.76. The van der Waals surface area contributed by atoms with Gasteiger partial charge in [0.05, 0.1) is 6.10 Å². The van der Waals surface area contributed by atoms with E-state index in [1.165, 1.54) is 38.5 Å². The Labute approximate surface area is 141 Å². The van der Waals surface area contributed by atoms with Crippen LogP contribution < -0.4 is 0 Å². The lowest BCUT2D eigenvalue weighted by Crippen LogP contribution is -2.54. The molecule has 0 amide bonds. The van der Waals surface area contributed by atoms with Crippen LogP contribution in [-0.2, 0) is 9.53 Å². The first-order chi connectivity index (χ1) is 11.0. The average molecular weight is 319 g/mol. The highest BCUT2D eigenvalue weighted by molar-refractivity contribution is 5.79. The molecule has 4 rings (SSSR count). The van der Waals surface area contributed by atoms with Crippen LogP contribution in [0.25, 0.3) is 0 Å². The van der Waals surface area contributed by atoms with Crippen molar-refractivity contribution in [2.75, 3.05) is 6.61 Å². The van der Waals surface area contributed by atoms with Crippen LogP contribution in [0.1, 0.15) is 78.6 Å². The van der Waals surface area contributed by atoms with Gasteiger partial charge in [-0.15, -0.1) is 0 Å². The lowest BCUT2D eigenvalue weighted by atomic mass is 9.45. The second-order valence-corrected chi connectivity index (χ2v) is 9.47. The van der Waals surface area contributed by atoms with Gasteiger partial charge in [0.25, 0.3) is 0 Å². The summed E-state index contributed by atoms with van der Waals surface area (Å²) in [6.45, 7) is 8.08. The van der Waals surface area contributed by atoms with Crippen LogP contribution in [0.15, 0.2) is 0 Å². The number of ketones is 1. The van der Waals surface area contributed by atoms with Crippen LogP contribution in [0.3, 0.4) is 0 Å². The minimum Gasteiger partial charge on any atom is -0.378 e. The fourth-order valence-electron chi connectivity index (χ4n) is 7.47. The first-order valence-electron chi connectivity index (χ1n) is 10.1. The van der Waals surface area contributed by atoms with E-state index in [9.17, 15) is 4.79 Å². The number of carbonyl (C=O) groups excluding carboxylic acids is 1. The summed E-state index contributed by atoms with van der Waals surface area (Å²) in [4.78, 5) is 12.0. The number of carbonyl (C=O) groups is 1. The smallest absolute Gasteiger partial charge is 0.133 e. The van der Waals surface area contributed by atoms with Crippen LogP contribution in [0, 0.1) is 34.5 Å². The summed E-state index contributed by atoms with van der Waals surface area (Å²) in [5.41, 5.74) is 0.868. The molecule has 4 saturated carbocycles. The third kappa shape index (κ3) is 2.27. The van der Waals surface area contributed by atoms with Gasteiger partial charge in [0.2, 0.25) is 0 Å². The summed E-state index contributed by atoms with van der Waals surface area (Å²) >= 11 is 0. The Kier molecular flexibility index (Phi) is 3.91. The lowest BCUT2D eigenvalue weighted by Gasteiger charge is -2.60. The molecule has 0 N–H and O–H groups in total. The van der Waals surface area contributed by atoms with Gasteiger partial charge in [-0.05, 0) is 86.4 Å². The van der Waals surface area contributed by atoms with Crippen molar-refractivity contribution in [2.45, 2.75) is 84.7 Å². The molecule has 0 aliphatic heterocycles. The summed E-state index contributed by atoms with van der Waals surface area (Å²) in [6, 6.07) is 0. The van der Waals surface area contributed by atoms with Crippen molar-refractivity contribution < 1.29 is 9.53 Å². The van der Waals surface area contributed by atoms with Gasteiger partial charge >= 0.3 is 0 Å². The Morgan fingerprint density at radius 2 is 1.78 bits per heavy atom. The van der Waals surface area contributed by atoms with E-state index >= 15 is 0 Å². The predicted octanol–water partition coefficient (Wildman–Crippen LogP) is 5.00. The zero-order chi connectivity index (χ0) is 16.2. The number of hydrogen-bond donors (Lipinski definition) is 0. The molecule has 130 valence electrons. The Hall–Kier alpha value is -0.370. The molecular weight excluding hydrogens is 284 g/mol. The molecule has 4 aliphatic rings. The summed E-state index contributed by atoms with van der Waals surface area (Å²) in [6.07, 6.45) is 11.4. The number of ether oxygens (including phenoxy) is 1. The predicted molar refractivity (Wildman–Crippen MR) is 92.1 cm³/mol. The largest absolute Gasteiger partial charge is 0.378 e. The highest BCUT2D eigenvalue weighted by atomic mass is 16.5. The number of Topliss-reactive ketones (excluding diaryl/α,β-unsaturated/α-hetero) is 1. The molecule has 23 heavy (non-hydrogen) atoms. The molecular formula is C21H34O2. The van der Waals surface area contributed by atoms with E-state index in [0.717, 1.165) is 43.6 Å². The third-order valence-electron chi connectivity index (χ3n) is 8.76. The second kappa shape index (κ2) is 5.58. The van der Waals surface area contributed by atoms with Gasteiger partial charge in [0.15, 0.2) is 0 Å². The maximum Gasteiger partial charge on any atom is 0.133 e. The fraction of sp³-hybridized carbons (Fsp3) is 0.952. The van der Waals surface area contributed by atoms with Crippen LogP contribution in [-0.4, -0.2) is 18.5 Å². The van der Waals surface area contributed by atoms with Gasteiger partial charge < -0.3 is 4.74 Å². The molecule has 0 aromatic rings. The van der Waals surface area contributed by atoms with Gasteiger partial charge in [-0.2, -0.15) is 0 Å². The zero-order valence-electron chi connectivity index (χ0n) is 15.3. The van der Waals surface area contributed by atoms with Crippen LogP contribution in [0.4, 0.5) is 0 Å². The molecule has 7 atom stereocenters. The highest BCUT2D eigenvalue weighted by Gasteiger charge is 2.60. The van der Waals surface area contributed by atoms with E-state index in [4.69, 9.17) is 4.74 Å². The average Bonchev–Trinajstić information content (AvgIpc) is 2.85. The zero-order valence-corrected chi connectivity index (χ0v) is 15.3.